The fourth-order valence-corrected chi connectivity index (χ4v) is 3.16. The summed E-state index contributed by atoms with van der Waals surface area (Å²) in [7, 11) is 0. The van der Waals surface area contributed by atoms with Crippen molar-refractivity contribution < 1.29 is 18.3 Å². The Morgan fingerprint density at radius 1 is 1.12 bits per heavy atom. The van der Waals surface area contributed by atoms with E-state index in [9.17, 15) is 18.4 Å². The van der Waals surface area contributed by atoms with Crippen LogP contribution in [0.25, 0.3) is 11.0 Å². The Balaban J connectivity index is 1.36. The van der Waals surface area contributed by atoms with E-state index in [4.69, 9.17) is 4.74 Å². The molecule has 164 valence electrons. The maximum absolute atomic E-state index is 13.5. The number of nitrogens with zero attached hydrogens (tertiary/aromatic N) is 4. The molecule has 4 aromatic rings. The van der Waals surface area contributed by atoms with Crippen molar-refractivity contribution in [3.8, 4) is 5.75 Å². The molecule has 8 nitrogen and oxygen atoms in total. The lowest BCUT2D eigenvalue weighted by Crippen LogP contribution is -2.32. The van der Waals surface area contributed by atoms with Gasteiger partial charge in [0.15, 0.2) is 23.8 Å². The second-order valence-electron chi connectivity index (χ2n) is 6.98. The molecule has 10 heteroatoms. The first-order chi connectivity index (χ1) is 15.5. The standard InChI is InChI=1S/C22H19F2N5O3/c23-16-5-3-4-15(10-16)12-28-14-26-21-17(22(28)31)11-27-29(21)9-8-25-20(30)13-32-19-7-2-1-6-18(19)24/h1-7,10-11,14H,8-9,12-13H2,(H,25,30). The number of aromatic nitrogens is 4. The van der Waals surface area contributed by atoms with E-state index in [0.29, 0.717) is 16.6 Å². The Morgan fingerprint density at radius 3 is 2.78 bits per heavy atom. The number of hydrogen-bond acceptors (Lipinski definition) is 5. The van der Waals surface area contributed by atoms with Crippen molar-refractivity contribution in [2.75, 3.05) is 13.2 Å². The van der Waals surface area contributed by atoms with E-state index in [0.717, 1.165) is 0 Å². The van der Waals surface area contributed by atoms with E-state index in [-0.39, 0.29) is 43.4 Å². The van der Waals surface area contributed by atoms with Crippen molar-refractivity contribution in [3.63, 3.8) is 0 Å². The largest absolute Gasteiger partial charge is 0.481 e. The number of benzene rings is 2. The summed E-state index contributed by atoms with van der Waals surface area (Å²) in [6, 6.07) is 11.8. The first-order valence-electron chi connectivity index (χ1n) is 9.80. The van der Waals surface area contributed by atoms with Crippen LogP contribution in [0.4, 0.5) is 8.78 Å². The third-order valence-electron chi connectivity index (χ3n) is 4.71. The summed E-state index contributed by atoms with van der Waals surface area (Å²) in [5, 5.41) is 7.13. The molecule has 0 aliphatic heterocycles. The molecule has 0 saturated carbocycles. The van der Waals surface area contributed by atoms with Gasteiger partial charge >= 0.3 is 0 Å². The molecule has 0 fully saturated rings. The fourth-order valence-electron chi connectivity index (χ4n) is 3.16. The number of carbonyl (C=O) groups is 1. The van der Waals surface area contributed by atoms with E-state index in [1.54, 1.807) is 18.2 Å². The van der Waals surface area contributed by atoms with E-state index in [2.05, 4.69) is 15.4 Å². The predicted molar refractivity (Wildman–Crippen MR) is 112 cm³/mol. The Morgan fingerprint density at radius 2 is 1.97 bits per heavy atom. The molecule has 0 aliphatic rings. The molecule has 32 heavy (non-hydrogen) atoms. The highest BCUT2D eigenvalue weighted by Gasteiger charge is 2.11. The lowest BCUT2D eigenvalue weighted by Gasteiger charge is -2.09. The summed E-state index contributed by atoms with van der Waals surface area (Å²) in [4.78, 5) is 28.9. The SMILES string of the molecule is O=C(COc1ccccc1F)NCCn1ncc2c(=O)n(Cc3cccc(F)c3)cnc21. The summed E-state index contributed by atoms with van der Waals surface area (Å²) in [5.41, 5.74) is 0.719. The van der Waals surface area contributed by atoms with Gasteiger partial charge in [-0.1, -0.05) is 24.3 Å². The van der Waals surface area contributed by atoms with Gasteiger partial charge in [-0.25, -0.2) is 18.4 Å². The Bertz CT molecular complexity index is 1320. The minimum absolute atomic E-state index is 0.000518. The molecule has 0 unspecified atom stereocenters. The topological polar surface area (TPSA) is 91.0 Å². The molecule has 2 aromatic carbocycles. The highest BCUT2D eigenvalue weighted by molar-refractivity contribution is 5.77. The van der Waals surface area contributed by atoms with Gasteiger partial charge in [-0.15, -0.1) is 0 Å². The first kappa shape index (κ1) is 21.2. The molecule has 1 N–H and O–H groups in total. The molecule has 2 heterocycles. The van der Waals surface area contributed by atoms with Gasteiger partial charge in [0.05, 0.1) is 19.3 Å². The van der Waals surface area contributed by atoms with Crippen LogP contribution in [-0.4, -0.2) is 38.4 Å². The molecule has 4 rings (SSSR count). The number of halogens is 2. The van der Waals surface area contributed by atoms with Gasteiger partial charge in [-0.3, -0.25) is 14.2 Å². The fraction of sp³-hybridized carbons (Fsp3) is 0.182. The van der Waals surface area contributed by atoms with Gasteiger partial charge in [0.2, 0.25) is 0 Å². The Hall–Kier alpha value is -4.08. The quantitative estimate of drug-likeness (QED) is 0.454. The number of fused-ring (bicyclic) bond motifs is 1. The number of para-hydroxylation sites is 1. The summed E-state index contributed by atoms with van der Waals surface area (Å²) >= 11 is 0. The number of carbonyl (C=O) groups excluding carboxylic acids is 1. The van der Waals surface area contributed by atoms with Gasteiger partial charge in [0, 0.05) is 6.54 Å². The zero-order valence-electron chi connectivity index (χ0n) is 16.9. The van der Waals surface area contributed by atoms with Crippen molar-refractivity contribution in [2.24, 2.45) is 0 Å². The summed E-state index contributed by atoms with van der Waals surface area (Å²) in [6.45, 7) is 0.339. The maximum atomic E-state index is 13.5. The maximum Gasteiger partial charge on any atom is 0.264 e. The number of hydrogen-bond donors (Lipinski definition) is 1. The Kier molecular flexibility index (Phi) is 6.20. The highest BCUT2D eigenvalue weighted by atomic mass is 19.1. The smallest absolute Gasteiger partial charge is 0.264 e. The van der Waals surface area contributed by atoms with Crippen LogP contribution in [0.5, 0.6) is 5.75 Å². The van der Waals surface area contributed by atoms with Crippen molar-refractivity contribution in [2.45, 2.75) is 13.1 Å². The minimum atomic E-state index is -0.544. The molecule has 0 atom stereocenters. The van der Waals surface area contributed by atoms with E-state index < -0.39 is 11.7 Å². The molecule has 0 spiro atoms. The van der Waals surface area contributed by atoms with E-state index in [1.807, 2.05) is 0 Å². The second-order valence-corrected chi connectivity index (χ2v) is 6.98. The summed E-state index contributed by atoms with van der Waals surface area (Å²) < 4.78 is 34.9. The van der Waals surface area contributed by atoms with Crippen LogP contribution < -0.4 is 15.6 Å². The van der Waals surface area contributed by atoms with Crippen molar-refractivity contribution >= 4 is 16.9 Å². The number of ether oxygens (including phenoxy) is 1. The lowest BCUT2D eigenvalue weighted by atomic mass is 10.2. The van der Waals surface area contributed by atoms with E-state index >= 15 is 0 Å². The monoisotopic (exact) mass is 439 g/mol. The van der Waals surface area contributed by atoms with Crippen LogP contribution in [0.1, 0.15) is 5.56 Å². The predicted octanol–water partition coefficient (Wildman–Crippen LogP) is 2.11. The normalized spacial score (nSPS) is 10.9. The van der Waals surface area contributed by atoms with E-state index in [1.165, 1.54) is 52.1 Å². The molecule has 0 saturated heterocycles. The Labute approximate surface area is 181 Å². The minimum Gasteiger partial charge on any atom is -0.481 e. The first-order valence-corrected chi connectivity index (χ1v) is 9.80. The molecule has 0 bridgehead atoms. The van der Waals surface area contributed by atoms with Gasteiger partial charge in [0.25, 0.3) is 11.5 Å². The van der Waals surface area contributed by atoms with Gasteiger partial charge < -0.3 is 10.1 Å². The zero-order valence-corrected chi connectivity index (χ0v) is 16.9. The van der Waals surface area contributed by atoms with Gasteiger partial charge in [0.1, 0.15) is 17.5 Å². The highest BCUT2D eigenvalue weighted by Crippen LogP contribution is 2.15. The summed E-state index contributed by atoms with van der Waals surface area (Å²) in [6.07, 6.45) is 2.80. The third kappa shape index (κ3) is 4.80. The average molecular weight is 439 g/mol. The third-order valence-corrected chi connectivity index (χ3v) is 4.71. The molecule has 0 aliphatic carbocycles. The molecule has 1 amide bonds. The van der Waals surface area contributed by atoms with Crippen LogP contribution in [0, 0.1) is 11.6 Å². The van der Waals surface area contributed by atoms with Gasteiger partial charge in [-0.2, -0.15) is 5.10 Å². The van der Waals surface area contributed by atoms with Crippen LogP contribution in [-0.2, 0) is 17.9 Å². The van der Waals surface area contributed by atoms with Crippen LogP contribution in [0.2, 0.25) is 0 Å². The molecule has 2 aromatic heterocycles. The zero-order chi connectivity index (χ0) is 22.5. The average Bonchev–Trinajstić information content (AvgIpc) is 3.19. The van der Waals surface area contributed by atoms with Crippen LogP contribution in [0.3, 0.4) is 0 Å². The van der Waals surface area contributed by atoms with Crippen LogP contribution >= 0.6 is 0 Å². The van der Waals surface area contributed by atoms with Crippen molar-refractivity contribution in [1.82, 2.24) is 24.6 Å². The molecular formula is C22H19F2N5O3. The van der Waals surface area contributed by atoms with Gasteiger partial charge in [-0.05, 0) is 29.8 Å². The molecular weight excluding hydrogens is 420 g/mol. The number of nitrogens with one attached hydrogen (secondary N) is 1. The van der Waals surface area contributed by atoms with Crippen molar-refractivity contribution in [1.29, 1.82) is 0 Å². The van der Waals surface area contributed by atoms with Crippen molar-refractivity contribution in [3.05, 3.63) is 88.6 Å². The molecule has 0 radical (unpaired) electrons. The van der Waals surface area contributed by atoms with Crippen LogP contribution in [0.15, 0.2) is 65.8 Å². The second kappa shape index (κ2) is 9.38. The number of amides is 1. The number of rotatable bonds is 8. The lowest BCUT2D eigenvalue weighted by molar-refractivity contribution is -0.123. The summed E-state index contributed by atoms with van der Waals surface area (Å²) in [5.74, 6) is -1.34.